The molecule has 5 nitrogen and oxygen atoms in total. The van der Waals surface area contributed by atoms with E-state index in [0.717, 1.165) is 11.4 Å². The molecule has 0 atom stereocenters. The Morgan fingerprint density at radius 3 is 2.52 bits per heavy atom. The smallest absolute Gasteiger partial charge is 0.343 e. The number of rotatable bonds is 4. The van der Waals surface area contributed by atoms with E-state index >= 15 is 0 Å². The van der Waals surface area contributed by atoms with Crippen LogP contribution in [0.5, 0.6) is 5.75 Å². The zero-order valence-corrected chi connectivity index (χ0v) is 12.5. The summed E-state index contributed by atoms with van der Waals surface area (Å²) in [5, 5.41) is 0. The van der Waals surface area contributed by atoms with Gasteiger partial charge in [-0.15, -0.1) is 0 Å². The summed E-state index contributed by atoms with van der Waals surface area (Å²) in [4.78, 5) is 25.9. The molecule has 112 valence electrons. The van der Waals surface area contributed by atoms with Crippen LogP contribution in [0.25, 0.3) is 0 Å². The summed E-state index contributed by atoms with van der Waals surface area (Å²) < 4.78 is 10.1. The first-order valence-electron chi connectivity index (χ1n) is 6.91. The molecule has 0 radical (unpaired) electrons. The summed E-state index contributed by atoms with van der Waals surface area (Å²) >= 11 is 0. The van der Waals surface area contributed by atoms with Crippen molar-refractivity contribution in [1.29, 1.82) is 0 Å². The number of hydrogen-bond acceptors (Lipinski definition) is 5. The van der Waals surface area contributed by atoms with Gasteiger partial charge in [0.1, 0.15) is 11.3 Å². The zero-order chi connectivity index (χ0) is 15.4. The lowest BCUT2D eigenvalue weighted by molar-refractivity contribution is -0.140. The van der Waals surface area contributed by atoms with Gasteiger partial charge in [0.25, 0.3) is 0 Å². The lowest BCUT2D eigenvalue weighted by atomic mass is 10.0. The van der Waals surface area contributed by atoms with E-state index in [4.69, 9.17) is 9.47 Å². The minimum atomic E-state index is -0.543. The molecule has 0 fully saturated rings. The third-order valence-electron chi connectivity index (χ3n) is 3.47. The highest BCUT2D eigenvalue weighted by molar-refractivity contribution is 6.19. The van der Waals surface area contributed by atoms with Crippen molar-refractivity contribution in [3.05, 3.63) is 35.5 Å². The van der Waals surface area contributed by atoms with Crippen LogP contribution in [-0.2, 0) is 14.3 Å². The lowest BCUT2D eigenvalue weighted by Gasteiger charge is -2.30. The van der Waals surface area contributed by atoms with Gasteiger partial charge >= 0.3 is 5.97 Å². The monoisotopic (exact) mass is 289 g/mol. The van der Waals surface area contributed by atoms with Gasteiger partial charge in [0.05, 0.1) is 13.7 Å². The molecule has 0 amide bonds. The van der Waals surface area contributed by atoms with Gasteiger partial charge in [0.2, 0.25) is 0 Å². The van der Waals surface area contributed by atoms with Gasteiger partial charge in [-0.2, -0.15) is 0 Å². The Balaban J connectivity index is 2.35. The fourth-order valence-electron chi connectivity index (χ4n) is 2.39. The summed E-state index contributed by atoms with van der Waals surface area (Å²) in [6.45, 7) is 4.31. The van der Waals surface area contributed by atoms with Crippen LogP contribution >= 0.6 is 0 Å². The molecule has 2 rings (SSSR count). The third-order valence-corrected chi connectivity index (χ3v) is 3.47. The van der Waals surface area contributed by atoms with Gasteiger partial charge in [-0.3, -0.25) is 4.79 Å². The highest BCUT2D eigenvalue weighted by Gasteiger charge is 2.30. The van der Waals surface area contributed by atoms with Crippen LogP contribution in [0.1, 0.15) is 20.3 Å². The van der Waals surface area contributed by atoms with Crippen molar-refractivity contribution in [3.63, 3.8) is 0 Å². The fraction of sp³-hybridized carbons (Fsp3) is 0.375. The average Bonchev–Trinajstić information content (AvgIpc) is 2.48. The summed E-state index contributed by atoms with van der Waals surface area (Å²) in [6.07, 6.45) is 0.303. The number of carbonyl (C=O) groups excluding carboxylic acids is 2. The number of nitrogens with zero attached hydrogens (tertiary/aromatic N) is 1. The minimum Gasteiger partial charge on any atom is -0.497 e. The SMILES string of the molecule is CCOC(=O)C1=C(C)N(c2ccc(OC)cc2)CCC1=O. The summed E-state index contributed by atoms with van der Waals surface area (Å²) in [5.41, 5.74) is 1.70. The van der Waals surface area contributed by atoms with Gasteiger partial charge in [-0.1, -0.05) is 0 Å². The molecule has 1 aromatic rings. The number of esters is 1. The Labute approximate surface area is 124 Å². The van der Waals surface area contributed by atoms with E-state index in [2.05, 4.69) is 0 Å². The molecule has 21 heavy (non-hydrogen) atoms. The standard InChI is InChI=1S/C16H19NO4/c1-4-21-16(19)15-11(2)17(10-9-14(15)18)12-5-7-13(20-3)8-6-12/h5-8H,4,9-10H2,1-3H3. The van der Waals surface area contributed by atoms with Crippen LogP contribution in [0.2, 0.25) is 0 Å². The summed E-state index contributed by atoms with van der Waals surface area (Å²) in [6, 6.07) is 7.51. The molecule has 1 aliphatic rings. The van der Waals surface area contributed by atoms with Gasteiger partial charge in [-0.25, -0.2) is 4.79 Å². The second-order valence-electron chi connectivity index (χ2n) is 4.70. The molecule has 5 heteroatoms. The zero-order valence-electron chi connectivity index (χ0n) is 12.5. The predicted molar refractivity (Wildman–Crippen MR) is 79.3 cm³/mol. The Hall–Kier alpha value is -2.30. The highest BCUT2D eigenvalue weighted by Crippen LogP contribution is 2.28. The Bertz CT molecular complexity index is 574. The molecule has 0 unspecified atom stereocenters. The average molecular weight is 289 g/mol. The maximum Gasteiger partial charge on any atom is 0.343 e. The van der Waals surface area contributed by atoms with E-state index in [1.54, 1.807) is 21.0 Å². The Kier molecular flexibility index (Phi) is 4.62. The van der Waals surface area contributed by atoms with Gasteiger partial charge in [-0.05, 0) is 38.1 Å². The molecule has 0 N–H and O–H groups in total. The van der Waals surface area contributed by atoms with Crippen molar-refractivity contribution in [2.45, 2.75) is 20.3 Å². The number of allylic oxidation sites excluding steroid dienone is 1. The molecular weight excluding hydrogens is 270 g/mol. The number of anilines is 1. The van der Waals surface area contributed by atoms with Crippen LogP contribution in [-0.4, -0.2) is 32.0 Å². The van der Waals surface area contributed by atoms with Crippen LogP contribution < -0.4 is 9.64 Å². The molecule has 1 aromatic carbocycles. The number of ether oxygens (including phenoxy) is 2. The third kappa shape index (κ3) is 3.07. The number of methoxy groups -OCH3 is 1. The van der Waals surface area contributed by atoms with Crippen LogP contribution in [0.4, 0.5) is 5.69 Å². The van der Waals surface area contributed by atoms with Crippen LogP contribution in [0, 0.1) is 0 Å². The molecule has 0 aromatic heterocycles. The van der Waals surface area contributed by atoms with Crippen LogP contribution in [0.3, 0.4) is 0 Å². The second kappa shape index (κ2) is 6.43. The largest absolute Gasteiger partial charge is 0.497 e. The quantitative estimate of drug-likeness (QED) is 0.629. The topological polar surface area (TPSA) is 55.8 Å². The molecule has 0 aliphatic carbocycles. The number of Topliss-reactive ketones (excluding diaryl/α,β-unsaturated/α-hetero) is 1. The Morgan fingerprint density at radius 2 is 1.95 bits per heavy atom. The lowest BCUT2D eigenvalue weighted by Crippen LogP contribution is -2.35. The number of carbonyl (C=O) groups is 2. The van der Waals surface area contributed by atoms with Gasteiger partial charge < -0.3 is 14.4 Å². The van der Waals surface area contributed by atoms with Crippen molar-refractivity contribution in [2.24, 2.45) is 0 Å². The van der Waals surface area contributed by atoms with Gasteiger partial charge in [0, 0.05) is 24.4 Å². The molecule has 0 spiro atoms. The van der Waals surface area contributed by atoms with Crippen molar-refractivity contribution in [2.75, 3.05) is 25.2 Å². The molecule has 0 bridgehead atoms. The van der Waals surface area contributed by atoms with Crippen molar-refractivity contribution >= 4 is 17.4 Å². The first kappa shape index (κ1) is 15.1. The number of benzene rings is 1. The molecule has 1 heterocycles. The normalized spacial score (nSPS) is 15.2. The van der Waals surface area contributed by atoms with E-state index < -0.39 is 5.97 Å². The van der Waals surface area contributed by atoms with E-state index in [0.29, 0.717) is 18.7 Å². The molecule has 1 aliphatic heterocycles. The fourth-order valence-corrected chi connectivity index (χ4v) is 2.39. The van der Waals surface area contributed by atoms with E-state index in [-0.39, 0.29) is 18.0 Å². The number of ketones is 1. The van der Waals surface area contributed by atoms with Crippen molar-refractivity contribution in [1.82, 2.24) is 0 Å². The second-order valence-corrected chi connectivity index (χ2v) is 4.70. The summed E-state index contributed by atoms with van der Waals surface area (Å²) in [5.74, 6) is 0.0630. The van der Waals surface area contributed by atoms with Crippen molar-refractivity contribution < 1.29 is 19.1 Å². The van der Waals surface area contributed by atoms with E-state index in [1.807, 2.05) is 29.2 Å². The van der Waals surface area contributed by atoms with Crippen LogP contribution in [0.15, 0.2) is 35.5 Å². The summed E-state index contributed by atoms with van der Waals surface area (Å²) in [7, 11) is 1.61. The molecular formula is C16H19NO4. The maximum atomic E-state index is 12.0. The van der Waals surface area contributed by atoms with E-state index in [9.17, 15) is 9.59 Å². The highest BCUT2D eigenvalue weighted by atomic mass is 16.5. The first-order chi connectivity index (χ1) is 10.1. The number of hydrogen-bond donors (Lipinski definition) is 0. The predicted octanol–water partition coefficient (Wildman–Crippen LogP) is 2.31. The molecule has 0 saturated heterocycles. The minimum absolute atomic E-state index is 0.152. The van der Waals surface area contributed by atoms with Gasteiger partial charge in [0.15, 0.2) is 5.78 Å². The first-order valence-corrected chi connectivity index (χ1v) is 6.91. The van der Waals surface area contributed by atoms with Crippen molar-refractivity contribution in [3.8, 4) is 5.75 Å². The van der Waals surface area contributed by atoms with E-state index in [1.165, 1.54) is 0 Å². The Morgan fingerprint density at radius 1 is 1.29 bits per heavy atom. The molecule has 0 saturated carbocycles. The maximum absolute atomic E-state index is 12.0.